The molecule has 74 valence electrons. The maximum Gasteiger partial charge on any atom is 0.405 e. The van der Waals surface area contributed by atoms with E-state index >= 15 is 0 Å². The van der Waals surface area contributed by atoms with E-state index in [2.05, 4.69) is 0 Å². The van der Waals surface area contributed by atoms with E-state index in [-0.39, 0.29) is 6.42 Å². The molecule has 4 N–H and O–H groups in total. The zero-order valence-corrected chi connectivity index (χ0v) is 7.37. The zero-order chi connectivity index (χ0) is 10.1. The Balaban J connectivity index is 2.66. The zero-order valence-electron chi connectivity index (χ0n) is 6.56. The van der Waals surface area contributed by atoms with Gasteiger partial charge in [0.05, 0.1) is 6.04 Å². The highest BCUT2D eigenvalue weighted by Crippen LogP contribution is 2.28. The van der Waals surface area contributed by atoms with E-state index < -0.39 is 23.0 Å². The van der Waals surface area contributed by atoms with Crippen molar-refractivity contribution >= 4 is 23.6 Å². The van der Waals surface area contributed by atoms with Gasteiger partial charge in [-0.15, -0.1) is 0 Å². The van der Waals surface area contributed by atoms with Crippen LogP contribution in [-0.2, 0) is 4.79 Å². The van der Waals surface area contributed by atoms with Gasteiger partial charge in [-0.05, 0) is 6.42 Å². The number of carboxylic acid groups (broad SMARTS) is 1. The normalized spacial score (nSPS) is 26.9. The number of Topliss-reactive ketones (excluding diaryl/α,β-unsaturated/α-hetero) is 1. The molecule has 0 aromatic heterocycles. The molecule has 13 heavy (non-hydrogen) atoms. The Labute approximate surface area is 77.9 Å². The second-order valence-corrected chi connectivity index (χ2v) is 3.88. The lowest BCUT2D eigenvalue weighted by Gasteiger charge is -2.29. The van der Waals surface area contributed by atoms with Gasteiger partial charge in [0, 0.05) is 5.75 Å². The van der Waals surface area contributed by atoms with E-state index in [4.69, 9.17) is 15.3 Å². The predicted molar refractivity (Wildman–Crippen MR) is 44.2 cm³/mol. The number of nitrogens with one attached hydrogen (secondary N) is 1. The monoisotopic (exact) mass is 207 g/mol. The van der Waals surface area contributed by atoms with Crippen molar-refractivity contribution in [2.45, 2.75) is 17.6 Å². The molecule has 1 amide bonds. The number of amides is 1. The lowest BCUT2D eigenvalue weighted by atomic mass is 10.1. The fraction of sp³-hybridized carbons (Fsp3) is 0.667. The van der Waals surface area contributed by atoms with Crippen LogP contribution in [-0.4, -0.2) is 44.1 Å². The minimum Gasteiger partial charge on any atom is -0.465 e. The standard InChI is InChI=1S/C6H9NO5S/c8-4-3(7-5(9)10)1-2-13-6(4,11)12/h3,7,11-12H,1-2H2,(H,9,10). The number of aliphatic hydroxyl groups is 2. The summed E-state index contributed by atoms with van der Waals surface area (Å²) in [6, 6.07) is -1.02. The lowest BCUT2D eigenvalue weighted by molar-refractivity contribution is -0.156. The fourth-order valence-electron chi connectivity index (χ4n) is 1.04. The molecule has 0 aromatic rings. The Morgan fingerprint density at radius 2 is 2.23 bits per heavy atom. The van der Waals surface area contributed by atoms with Gasteiger partial charge in [0.25, 0.3) is 5.12 Å². The van der Waals surface area contributed by atoms with Gasteiger partial charge in [0.2, 0.25) is 5.78 Å². The Morgan fingerprint density at radius 1 is 1.62 bits per heavy atom. The van der Waals surface area contributed by atoms with Crippen molar-refractivity contribution in [2.75, 3.05) is 5.75 Å². The molecule has 0 aliphatic carbocycles. The smallest absolute Gasteiger partial charge is 0.405 e. The van der Waals surface area contributed by atoms with Crippen LogP contribution in [0, 0.1) is 0 Å². The van der Waals surface area contributed by atoms with Gasteiger partial charge < -0.3 is 20.6 Å². The van der Waals surface area contributed by atoms with E-state index in [0.717, 1.165) is 0 Å². The summed E-state index contributed by atoms with van der Waals surface area (Å²) in [5.41, 5.74) is 0. The molecule has 1 heterocycles. The Bertz CT molecular complexity index is 241. The third kappa shape index (κ3) is 2.33. The van der Waals surface area contributed by atoms with Gasteiger partial charge in [-0.2, -0.15) is 0 Å². The maximum absolute atomic E-state index is 11.1. The van der Waals surface area contributed by atoms with Crippen molar-refractivity contribution in [2.24, 2.45) is 0 Å². The first-order valence-corrected chi connectivity index (χ1v) is 4.54. The number of thioether (sulfide) groups is 1. The molecule has 1 fully saturated rings. The molecule has 1 atom stereocenters. The molecule has 1 saturated heterocycles. The third-order valence-electron chi connectivity index (χ3n) is 1.65. The SMILES string of the molecule is O=C(O)NC1CCSC(O)(O)C1=O. The van der Waals surface area contributed by atoms with E-state index in [0.29, 0.717) is 17.5 Å². The molecule has 1 rings (SSSR count). The summed E-state index contributed by atoms with van der Waals surface area (Å²) in [4.78, 5) is 21.3. The van der Waals surface area contributed by atoms with Gasteiger partial charge in [0.1, 0.15) is 0 Å². The van der Waals surface area contributed by atoms with Crippen molar-refractivity contribution in [1.29, 1.82) is 0 Å². The second-order valence-electron chi connectivity index (χ2n) is 2.61. The summed E-state index contributed by atoms with van der Waals surface area (Å²) in [7, 11) is 0. The molecular weight excluding hydrogens is 198 g/mol. The van der Waals surface area contributed by atoms with Crippen LogP contribution in [0.2, 0.25) is 0 Å². The summed E-state index contributed by atoms with van der Waals surface area (Å²) < 4.78 is 0. The van der Waals surface area contributed by atoms with E-state index in [9.17, 15) is 9.59 Å². The highest BCUT2D eigenvalue weighted by molar-refractivity contribution is 8.01. The van der Waals surface area contributed by atoms with E-state index in [1.165, 1.54) is 0 Å². The number of rotatable bonds is 1. The second kappa shape index (κ2) is 3.52. The van der Waals surface area contributed by atoms with Crippen LogP contribution < -0.4 is 5.32 Å². The number of carbonyl (C=O) groups excluding carboxylic acids is 1. The first-order chi connectivity index (χ1) is 5.93. The Morgan fingerprint density at radius 3 is 2.77 bits per heavy atom. The summed E-state index contributed by atoms with van der Waals surface area (Å²) in [5, 5.41) is 25.9. The summed E-state index contributed by atoms with van der Waals surface area (Å²) in [6.07, 6.45) is -1.07. The van der Waals surface area contributed by atoms with E-state index in [1.807, 2.05) is 5.32 Å². The molecule has 0 spiro atoms. The van der Waals surface area contributed by atoms with Crippen molar-refractivity contribution in [3.63, 3.8) is 0 Å². The van der Waals surface area contributed by atoms with Crippen LogP contribution in [0.3, 0.4) is 0 Å². The molecule has 6 nitrogen and oxygen atoms in total. The van der Waals surface area contributed by atoms with Crippen LogP contribution in [0.5, 0.6) is 0 Å². The maximum atomic E-state index is 11.1. The highest BCUT2D eigenvalue weighted by atomic mass is 32.2. The van der Waals surface area contributed by atoms with E-state index in [1.54, 1.807) is 0 Å². The molecular formula is C6H9NO5S. The summed E-state index contributed by atoms with van der Waals surface area (Å²) >= 11 is 0.688. The highest BCUT2D eigenvalue weighted by Gasteiger charge is 2.43. The number of ketones is 1. The fourth-order valence-corrected chi connectivity index (χ4v) is 1.96. The van der Waals surface area contributed by atoms with Gasteiger partial charge in [0.15, 0.2) is 0 Å². The van der Waals surface area contributed by atoms with Crippen molar-refractivity contribution < 1.29 is 24.9 Å². The molecule has 1 unspecified atom stereocenters. The Hall–Kier alpha value is -0.790. The first-order valence-electron chi connectivity index (χ1n) is 3.56. The number of carbonyl (C=O) groups is 2. The number of hydrogen-bond acceptors (Lipinski definition) is 5. The molecule has 0 bridgehead atoms. The van der Waals surface area contributed by atoms with Crippen molar-refractivity contribution in [1.82, 2.24) is 5.32 Å². The van der Waals surface area contributed by atoms with Crippen LogP contribution in [0.15, 0.2) is 0 Å². The third-order valence-corrected chi connectivity index (χ3v) is 2.69. The quantitative estimate of drug-likeness (QED) is 0.409. The summed E-state index contributed by atoms with van der Waals surface area (Å²) in [6.45, 7) is 0. The van der Waals surface area contributed by atoms with Gasteiger partial charge >= 0.3 is 6.09 Å². The minimum atomic E-state index is -2.45. The van der Waals surface area contributed by atoms with Crippen LogP contribution in [0.4, 0.5) is 4.79 Å². The van der Waals surface area contributed by atoms with Crippen LogP contribution in [0.1, 0.15) is 6.42 Å². The first kappa shape index (κ1) is 10.3. The lowest BCUT2D eigenvalue weighted by Crippen LogP contribution is -2.53. The van der Waals surface area contributed by atoms with Crippen molar-refractivity contribution in [3.05, 3.63) is 0 Å². The van der Waals surface area contributed by atoms with Gasteiger partial charge in [-0.25, -0.2) is 4.79 Å². The minimum absolute atomic E-state index is 0.276. The van der Waals surface area contributed by atoms with Gasteiger partial charge in [-0.1, -0.05) is 11.8 Å². The van der Waals surface area contributed by atoms with Gasteiger partial charge in [-0.3, -0.25) is 4.79 Å². The molecule has 0 radical (unpaired) electrons. The molecule has 1 aliphatic heterocycles. The summed E-state index contributed by atoms with van der Waals surface area (Å²) in [5.74, 6) is -0.588. The van der Waals surface area contributed by atoms with Crippen molar-refractivity contribution in [3.8, 4) is 0 Å². The number of hydrogen-bond donors (Lipinski definition) is 4. The molecule has 7 heteroatoms. The molecule has 0 saturated carbocycles. The molecule has 0 aromatic carbocycles. The molecule has 1 aliphatic rings. The van der Waals surface area contributed by atoms with Crippen LogP contribution >= 0.6 is 11.8 Å². The topological polar surface area (TPSA) is 107 Å². The van der Waals surface area contributed by atoms with Crippen LogP contribution in [0.25, 0.3) is 0 Å². The Kier molecular flexibility index (Phi) is 2.79. The average molecular weight is 207 g/mol. The average Bonchev–Trinajstić information content (AvgIpc) is 1.98. The predicted octanol–water partition coefficient (Wildman–Crippen LogP) is -1.03. The largest absolute Gasteiger partial charge is 0.465 e.